The van der Waals surface area contributed by atoms with E-state index in [9.17, 15) is 4.79 Å². The summed E-state index contributed by atoms with van der Waals surface area (Å²) in [7, 11) is 0. The van der Waals surface area contributed by atoms with Gasteiger partial charge < -0.3 is 15.4 Å². The molecular formula is C13H20N4O2S. The van der Waals surface area contributed by atoms with Crippen LogP contribution < -0.4 is 5.73 Å². The fourth-order valence-corrected chi connectivity index (χ4v) is 3.77. The summed E-state index contributed by atoms with van der Waals surface area (Å²) in [5.41, 5.74) is 5.47. The Morgan fingerprint density at radius 3 is 3.15 bits per heavy atom. The third-order valence-electron chi connectivity index (χ3n) is 4.11. The van der Waals surface area contributed by atoms with E-state index in [4.69, 9.17) is 10.5 Å². The van der Waals surface area contributed by atoms with E-state index in [0.29, 0.717) is 26.3 Å². The number of rotatable bonds is 2. The summed E-state index contributed by atoms with van der Waals surface area (Å²) in [6.45, 7) is 5.45. The van der Waals surface area contributed by atoms with Gasteiger partial charge in [0.05, 0.1) is 19.8 Å². The second-order valence-corrected chi connectivity index (χ2v) is 6.68. The fourth-order valence-electron chi connectivity index (χ4n) is 3.11. The average molecular weight is 296 g/mol. The van der Waals surface area contributed by atoms with Gasteiger partial charge >= 0.3 is 6.03 Å². The molecule has 0 unspecified atom stereocenters. The number of urea groups is 1. The van der Waals surface area contributed by atoms with Gasteiger partial charge in [-0.3, -0.25) is 4.90 Å². The minimum absolute atomic E-state index is 0.0305. The lowest BCUT2D eigenvalue weighted by molar-refractivity contribution is 0.0715. The van der Waals surface area contributed by atoms with Crippen molar-refractivity contribution in [3.63, 3.8) is 0 Å². The number of carbonyl (C=O) groups is 1. The first kappa shape index (κ1) is 13.8. The number of nitrogens with two attached hydrogens (primary N) is 1. The summed E-state index contributed by atoms with van der Waals surface area (Å²) in [5.74, 6) is 0. The molecule has 0 aromatic carbocycles. The smallest absolute Gasteiger partial charge is 0.314 e. The molecule has 2 aliphatic heterocycles. The van der Waals surface area contributed by atoms with Gasteiger partial charge in [-0.1, -0.05) is 0 Å². The second kappa shape index (κ2) is 5.67. The maximum Gasteiger partial charge on any atom is 0.314 e. The molecule has 1 aromatic heterocycles. The highest BCUT2D eigenvalue weighted by Gasteiger charge is 2.41. The van der Waals surface area contributed by atoms with Crippen molar-refractivity contribution in [1.82, 2.24) is 14.8 Å². The third-order valence-corrected chi connectivity index (χ3v) is 4.88. The standard InChI is InChI=1S/C13H20N4O2S/c14-12(18)17-4-5-19-10-13(9-17)1-3-16(8-13)7-11-15-2-6-20-11/h2,6H,1,3-5,7-10H2,(H2,14,18)/t13-/m0/s1. The van der Waals surface area contributed by atoms with Crippen molar-refractivity contribution in [1.29, 1.82) is 0 Å². The molecule has 2 N–H and O–H groups in total. The first-order chi connectivity index (χ1) is 9.67. The largest absolute Gasteiger partial charge is 0.379 e. The summed E-state index contributed by atoms with van der Waals surface area (Å²) in [6.07, 6.45) is 2.89. The Hall–Kier alpha value is -1.18. The van der Waals surface area contributed by atoms with Crippen LogP contribution in [-0.2, 0) is 11.3 Å². The number of hydrogen-bond donors (Lipinski definition) is 1. The molecule has 3 heterocycles. The molecule has 2 fully saturated rings. The van der Waals surface area contributed by atoms with Gasteiger partial charge in [0.2, 0.25) is 0 Å². The highest BCUT2D eigenvalue weighted by Crippen LogP contribution is 2.34. The average Bonchev–Trinajstić information content (AvgIpc) is 2.99. The van der Waals surface area contributed by atoms with Gasteiger partial charge in [0.1, 0.15) is 5.01 Å². The molecule has 0 bridgehead atoms. The lowest BCUT2D eigenvalue weighted by atomic mass is 9.87. The van der Waals surface area contributed by atoms with Crippen molar-refractivity contribution < 1.29 is 9.53 Å². The predicted octanol–water partition coefficient (Wildman–Crippen LogP) is 0.746. The highest BCUT2D eigenvalue weighted by molar-refractivity contribution is 7.09. The van der Waals surface area contributed by atoms with Crippen LogP contribution in [0.1, 0.15) is 11.4 Å². The zero-order chi connectivity index (χ0) is 14.0. The first-order valence-electron chi connectivity index (χ1n) is 6.90. The first-order valence-corrected chi connectivity index (χ1v) is 7.78. The number of aromatic nitrogens is 1. The van der Waals surface area contributed by atoms with Gasteiger partial charge in [-0.15, -0.1) is 11.3 Å². The monoisotopic (exact) mass is 296 g/mol. The topological polar surface area (TPSA) is 71.7 Å². The van der Waals surface area contributed by atoms with Crippen molar-refractivity contribution in [3.05, 3.63) is 16.6 Å². The molecule has 6 nitrogen and oxygen atoms in total. The molecule has 2 aliphatic rings. The van der Waals surface area contributed by atoms with Crippen molar-refractivity contribution in [3.8, 4) is 0 Å². The number of likely N-dealkylation sites (tertiary alicyclic amines) is 1. The summed E-state index contributed by atoms with van der Waals surface area (Å²) >= 11 is 1.69. The van der Waals surface area contributed by atoms with E-state index in [0.717, 1.165) is 31.1 Å². The van der Waals surface area contributed by atoms with E-state index >= 15 is 0 Å². The zero-order valence-corrected chi connectivity index (χ0v) is 12.3. The van der Waals surface area contributed by atoms with Crippen molar-refractivity contribution >= 4 is 17.4 Å². The Bertz CT molecular complexity index is 467. The lowest BCUT2D eigenvalue weighted by Gasteiger charge is -2.31. The van der Waals surface area contributed by atoms with E-state index in [-0.39, 0.29) is 11.4 Å². The van der Waals surface area contributed by atoms with Gasteiger partial charge in [-0.25, -0.2) is 9.78 Å². The molecule has 0 aliphatic carbocycles. The van der Waals surface area contributed by atoms with Crippen LogP contribution >= 0.6 is 11.3 Å². The van der Waals surface area contributed by atoms with Crippen LogP contribution in [0.3, 0.4) is 0 Å². The molecule has 1 atom stereocenters. The van der Waals surface area contributed by atoms with Gasteiger partial charge in [-0.05, 0) is 13.0 Å². The maximum atomic E-state index is 11.5. The van der Waals surface area contributed by atoms with Crippen LogP contribution in [0.4, 0.5) is 4.79 Å². The third kappa shape index (κ3) is 2.94. The maximum absolute atomic E-state index is 11.5. The molecular weight excluding hydrogens is 276 g/mol. The highest BCUT2D eigenvalue weighted by atomic mass is 32.1. The minimum atomic E-state index is -0.340. The second-order valence-electron chi connectivity index (χ2n) is 5.70. The van der Waals surface area contributed by atoms with Gasteiger partial charge in [0.25, 0.3) is 0 Å². The number of amides is 2. The molecule has 0 radical (unpaired) electrons. The van der Waals surface area contributed by atoms with Crippen LogP contribution in [0.15, 0.2) is 11.6 Å². The van der Waals surface area contributed by atoms with Crippen molar-refractivity contribution in [2.24, 2.45) is 11.1 Å². The Balaban J connectivity index is 1.65. The minimum Gasteiger partial charge on any atom is -0.379 e. The molecule has 7 heteroatoms. The molecule has 1 spiro atoms. The van der Waals surface area contributed by atoms with E-state index < -0.39 is 0 Å². The Morgan fingerprint density at radius 1 is 1.50 bits per heavy atom. The Morgan fingerprint density at radius 2 is 2.40 bits per heavy atom. The normalized spacial score (nSPS) is 27.9. The fraction of sp³-hybridized carbons (Fsp3) is 0.692. The molecule has 0 saturated carbocycles. The quantitative estimate of drug-likeness (QED) is 0.874. The number of primary amides is 1. The SMILES string of the molecule is NC(=O)N1CCOC[C@]2(CCN(Cc3nccs3)C2)C1. The van der Waals surface area contributed by atoms with Gasteiger partial charge in [-0.2, -0.15) is 0 Å². The summed E-state index contributed by atoms with van der Waals surface area (Å²) in [4.78, 5) is 19.9. The number of hydrogen-bond acceptors (Lipinski definition) is 5. The predicted molar refractivity (Wildman–Crippen MR) is 76.4 cm³/mol. The zero-order valence-electron chi connectivity index (χ0n) is 11.5. The van der Waals surface area contributed by atoms with Crippen LogP contribution in [0.2, 0.25) is 0 Å². The molecule has 1 aromatic rings. The number of ether oxygens (including phenoxy) is 1. The van der Waals surface area contributed by atoms with Crippen LogP contribution in [-0.4, -0.2) is 60.2 Å². The van der Waals surface area contributed by atoms with Crippen molar-refractivity contribution in [2.75, 3.05) is 39.4 Å². The summed E-state index contributed by atoms with van der Waals surface area (Å²) in [6, 6.07) is -0.340. The van der Waals surface area contributed by atoms with Crippen LogP contribution in [0.5, 0.6) is 0 Å². The summed E-state index contributed by atoms with van der Waals surface area (Å²) < 4.78 is 5.71. The molecule has 110 valence electrons. The van der Waals surface area contributed by atoms with Gasteiger partial charge in [0, 0.05) is 36.6 Å². The van der Waals surface area contributed by atoms with Crippen molar-refractivity contribution in [2.45, 2.75) is 13.0 Å². The van der Waals surface area contributed by atoms with Crippen LogP contribution in [0, 0.1) is 5.41 Å². The summed E-state index contributed by atoms with van der Waals surface area (Å²) in [5, 5.41) is 3.15. The number of thiazole rings is 1. The molecule has 3 rings (SSSR count). The molecule has 2 saturated heterocycles. The van der Waals surface area contributed by atoms with E-state index in [1.807, 2.05) is 11.6 Å². The van der Waals surface area contributed by atoms with Crippen LogP contribution in [0.25, 0.3) is 0 Å². The van der Waals surface area contributed by atoms with E-state index in [2.05, 4.69) is 9.88 Å². The number of carbonyl (C=O) groups excluding carboxylic acids is 1. The van der Waals surface area contributed by atoms with E-state index in [1.54, 1.807) is 16.2 Å². The van der Waals surface area contributed by atoms with Gasteiger partial charge in [0.15, 0.2) is 0 Å². The Kier molecular flexibility index (Phi) is 3.91. The van der Waals surface area contributed by atoms with E-state index in [1.165, 1.54) is 0 Å². The Labute approximate surface area is 122 Å². The molecule has 20 heavy (non-hydrogen) atoms. The number of nitrogens with zero attached hydrogens (tertiary/aromatic N) is 3. The lowest BCUT2D eigenvalue weighted by Crippen LogP contribution is -2.45. The molecule has 2 amide bonds.